The maximum atomic E-state index is 3.46. The van der Waals surface area contributed by atoms with Gasteiger partial charge in [0.25, 0.3) is 0 Å². The second-order valence-corrected chi connectivity index (χ2v) is 5.63. The van der Waals surface area contributed by atoms with Gasteiger partial charge < -0.3 is 10.2 Å². The van der Waals surface area contributed by atoms with E-state index in [2.05, 4.69) is 45.1 Å². The van der Waals surface area contributed by atoms with E-state index in [1.54, 1.807) is 0 Å². The first-order valence-electron chi connectivity index (χ1n) is 6.39. The molecule has 2 heteroatoms. The highest BCUT2D eigenvalue weighted by molar-refractivity contribution is 4.87. The molecule has 1 N–H and O–H groups in total. The molecule has 0 bridgehead atoms. The molecule has 1 fully saturated rings. The smallest absolute Gasteiger partial charge is 0.0147 e. The second-order valence-electron chi connectivity index (χ2n) is 5.63. The first-order valence-corrected chi connectivity index (χ1v) is 6.39. The molecule has 0 aromatic heterocycles. The van der Waals surface area contributed by atoms with E-state index in [0.29, 0.717) is 5.54 Å². The largest absolute Gasteiger partial charge is 0.317 e. The van der Waals surface area contributed by atoms with Gasteiger partial charge in [0.2, 0.25) is 0 Å². The molecule has 0 aromatic rings. The summed E-state index contributed by atoms with van der Waals surface area (Å²) in [6, 6.07) is 0.750. The van der Waals surface area contributed by atoms with Gasteiger partial charge in [0.15, 0.2) is 0 Å². The lowest BCUT2D eigenvalue weighted by atomic mass is 9.96. The number of hydrogen-bond donors (Lipinski definition) is 1. The van der Waals surface area contributed by atoms with E-state index in [1.165, 1.54) is 32.2 Å². The predicted octanol–water partition coefficient (Wildman–Crippen LogP) is 2.49. The van der Waals surface area contributed by atoms with Gasteiger partial charge in [0.1, 0.15) is 0 Å². The Labute approximate surface area is 95.4 Å². The van der Waals surface area contributed by atoms with Crippen LogP contribution in [-0.4, -0.2) is 37.1 Å². The Balaban J connectivity index is 2.47. The quantitative estimate of drug-likeness (QED) is 0.753. The predicted molar refractivity (Wildman–Crippen MR) is 67.2 cm³/mol. The van der Waals surface area contributed by atoms with Gasteiger partial charge in [-0.3, -0.25) is 0 Å². The summed E-state index contributed by atoms with van der Waals surface area (Å²) in [4.78, 5) is 2.54. The van der Waals surface area contributed by atoms with Crippen molar-refractivity contribution in [3.63, 3.8) is 0 Å². The molecular formula is C13H28N2. The minimum atomic E-state index is 0.348. The van der Waals surface area contributed by atoms with Crippen LogP contribution < -0.4 is 5.32 Å². The van der Waals surface area contributed by atoms with E-state index in [1.807, 2.05) is 0 Å². The first kappa shape index (κ1) is 13.0. The lowest BCUT2D eigenvalue weighted by Gasteiger charge is -2.37. The van der Waals surface area contributed by atoms with Crippen molar-refractivity contribution in [1.82, 2.24) is 10.2 Å². The maximum absolute atomic E-state index is 3.46. The summed E-state index contributed by atoms with van der Waals surface area (Å²) in [5, 5.41) is 3.46. The van der Waals surface area contributed by atoms with Crippen LogP contribution in [0.1, 0.15) is 46.5 Å². The summed E-state index contributed by atoms with van der Waals surface area (Å²) in [7, 11) is 4.38. The van der Waals surface area contributed by atoms with Crippen LogP contribution in [0.3, 0.4) is 0 Å². The Kier molecular flexibility index (Phi) is 4.60. The molecule has 0 spiro atoms. The van der Waals surface area contributed by atoms with E-state index in [0.717, 1.165) is 12.0 Å². The monoisotopic (exact) mass is 212 g/mol. The molecule has 15 heavy (non-hydrogen) atoms. The highest BCUT2D eigenvalue weighted by Crippen LogP contribution is 2.28. The van der Waals surface area contributed by atoms with Gasteiger partial charge in [-0.05, 0) is 53.1 Å². The molecule has 0 amide bonds. The van der Waals surface area contributed by atoms with Crippen LogP contribution in [0.5, 0.6) is 0 Å². The van der Waals surface area contributed by atoms with Crippen LogP contribution in [0, 0.1) is 5.92 Å². The zero-order valence-corrected chi connectivity index (χ0v) is 11.1. The van der Waals surface area contributed by atoms with Gasteiger partial charge in [-0.15, -0.1) is 0 Å². The Hall–Kier alpha value is -0.0800. The van der Waals surface area contributed by atoms with Crippen LogP contribution in [0.4, 0.5) is 0 Å². The third-order valence-electron chi connectivity index (χ3n) is 4.44. The summed E-state index contributed by atoms with van der Waals surface area (Å²) in [6.07, 6.45) is 5.38. The fourth-order valence-electron chi connectivity index (χ4n) is 2.50. The zero-order valence-electron chi connectivity index (χ0n) is 11.1. The summed E-state index contributed by atoms with van der Waals surface area (Å²) >= 11 is 0. The van der Waals surface area contributed by atoms with Crippen molar-refractivity contribution in [3.8, 4) is 0 Å². The molecule has 0 saturated heterocycles. The number of rotatable bonds is 5. The van der Waals surface area contributed by atoms with E-state index < -0.39 is 0 Å². The molecule has 1 aliphatic carbocycles. The van der Waals surface area contributed by atoms with Crippen LogP contribution in [0.15, 0.2) is 0 Å². The number of nitrogens with one attached hydrogen (secondary N) is 1. The third kappa shape index (κ3) is 3.18. The van der Waals surface area contributed by atoms with Crippen LogP contribution in [0.25, 0.3) is 0 Å². The van der Waals surface area contributed by atoms with Crippen LogP contribution in [-0.2, 0) is 0 Å². The molecule has 1 aliphatic rings. The van der Waals surface area contributed by atoms with Gasteiger partial charge >= 0.3 is 0 Å². The Bertz CT molecular complexity index is 189. The molecule has 2 nitrogen and oxygen atoms in total. The van der Waals surface area contributed by atoms with Crippen molar-refractivity contribution in [1.29, 1.82) is 0 Å². The summed E-state index contributed by atoms with van der Waals surface area (Å²) in [5.74, 6) is 0.853. The summed E-state index contributed by atoms with van der Waals surface area (Å²) < 4.78 is 0. The topological polar surface area (TPSA) is 15.3 Å². The van der Waals surface area contributed by atoms with Gasteiger partial charge in [-0.2, -0.15) is 0 Å². The lowest BCUT2D eigenvalue weighted by Crippen LogP contribution is -2.45. The molecule has 0 aromatic carbocycles. The average molecular weight is 212 g/mol. The van der Waals surface area contributed by atoms with Gasteiger partial charge in [0, 0.05) is 18.1 Å². The summed E-state index contributed by atoms with van der Waals surface area (Å²) in [5.41, 5.74) is 0.348. The standard InChI is InChI=1S/C13H28N2/c1-6-13(2,3)15(5)10-11-8-7-9-12(11)14-4/h11-12,14H,6-10H2,1-5H3. The zero-order chi connectivity index (χ0) is 11.5. The SMILES string of the molecule is CCC(C)(C)N(C)CC1CCCC1NC. The summed E-state index contributed by atoms with van der Waals surface area (Å²) in [6.45, 7) is 8.21. The highest BCUT2D eigenvalue weighted by Gasteiger charge is 2.30. The van der Waals surface area contributed by atoms with Crippen LogP contribution in [0.2, 0.25) is 0 Å². The molecule has 1 rings (SSSR count). The maximum Gasteiger partial charge on any atom is 0.0147 e. The molecule has 2 atom stereocenters. The van der Waals surface area contributed by atoms with E-state index >= 15 is 0 Å². The molecule has 1 saturated carbocycles. The molecule has 2 unspecified atom stereocenters. The minimum Gasteiger partial charge on any atom is -0.317 e. The third-order valence-corrected chi connectivity index (χ3v) is 4.44. The molecular weight excluding hydrogens is 184 g/mol. The lowest BCUT2D eigenvalue weighted by molar-refractivity contribution is 0.122. The first-order chi connectivity index (χ1) is 7.01. The highest BCUT2D eigenvalue weighted by atomic mass is 15.2. The van der Waals surface area contributed by atoms with Crippen molar-refractivity contribution in [2.24, 2.45) is 5.92 Å². The van der Waals surface area contributed by atoms with E-state index in [4.69, 9.17) is 0 Å². The van der Waals surface area contributed by atoms with Crippen LogP contribution >= 0.6 is 0 Å². The fourth-order valence-corrected chi connectivity index (χ4v) is 2.50. The van der Waals surface area contributed by atoms with Crippen molar-refractivity contribution in [2.45, 2.75) is 58.0 Å². The molecule has 0 heterocycles. The van der Waals surface area contributed by atoms with Crippen molar-refractivity contribution >= 4 is 0 Å². The van der Waals surface area contributed by atoms with E-state index in [9.17, 15) is 0 Å². The molecule has 90 valence electrons. The Morgan fingerprint density at radius 1 is 1.33 bits per heavy atom. The molecule has 0 radical (unpaired) electrons. The van der Waals surface area contributed by atoms with Gasteiger partial charge in [-0.25, -0.2) is 0 Å². The normalized spacial score (nSPS) is 27.6. The second kappa shape index (κ2) is 5.31. The minimum absolute atomic E-state index is 0.348. The van der Waals surface area contributed by atoms with Gasteiger partial charge in [-0.1, -0.05) is 13.3 Å². The fraction of sp³-hybridized carbons (Fsp3) is 1.00. The van der Waals surface area contributed by atoms with Crippen molar-refractivity contribution in [2.75, 3.05) is 20.6 Å². The average Bonchev–Trinajstić information content (AvgIpc) is 2.65. The van der Waals surface area contributed by atoms with Crippen molar-refractivity contribution < 1.29 is 0 Å². The Morgan fingerprint density at radius 3 is 2.53 bits per heavy atom. The van der Waals surface area contributed by atoms with Gasteiger partial charge in [0.05, 0.1) is 0 Å². The number of hydrogen-bond acceptors (Lipinski definition) is 2. The van der Waals surface area contributed by atoms with Crippen molar-refractivity contribution in [3.05, 3.63) is 0 Å². The van der Waals surface area contributed by atoms with E-state index in [-0.39, 0.29) is 0 Å². The molecule has 0 aliphatic heterocycles. The Morgan fingerprint density at radius 2 is 2.00 bits per heavy atom. The number of nitrogens with zero attached hydrogens (tertiary/aromatic N) is 1.